The lowest BCUT2D eigenvalue weighted by Crippen LogP contribution is -2.24. The van der Waals surface area contributed by atoms with Gasteiger partial charge in [-0.15, -0.1) is 23.5 Å². The van der Waals surface area contributed by atoms with E-state index in [1.807, 2.05) is 47.8 Å². The summed E-state index contributed by atoms with van der Waals surface area (Å²) < 4.78 is 6.42. The number of thioether (sulfide) groups is 2. The van der Waals surface area contributed by atoms with Crippen LogP contribution in [0.15, 0.2) is 46.0 Å². The average Bonchev–Trinajstić information content (AvgIpc) is 3.19. The van der Waals surface area contributed by atoms with Crippen molar-refractivity contribution in [2.75, 3.05) is 18.1 Å². The first kappa shape index (κ1) is 20.4. The van der Waals surface area contributed by atoms with Crippen LogP contribution in [0, 0.1) is 0 Å². The summed E-state index contributed by atoms with van der Waals surface area (Å²) >= 11 is 13.0. The highest BCUT2D eigenvalue weighted by molar-refractivity contribution is 9.10. The van der Waals surface area contributed by atoms with Gasteiger partial charge >= 0.3 is 0 Å². The van der Waals surface area contributed by atoms with Crippen LogP contribution in [-0.2, 0) is 4.79 Å². The van der Waals surface area contributed by atoms with Crippen molar-refractivity contribution in [1.82, 2.24) is 5.43 Å². The Morgan fingerprint density at radius 3 is 2.70 bits per heavy atom. The lowest BCUT2D eigenvalue weighted by atomic mass is 10.2. The van der Waals surface area contributed by atoms with Crippen LogP contribution in [0.3, 0.4) is 0 Å². The number of nitrogens with one attached hydrogen (secondary N) is 1. The Hall–Kier alpha value is -1.35. The second kappa shape index (κ2) is 9.73. The summed E-state index contributed by atoms with van der Waals surface area (Å²) in [6.45, 7) is -0.135. The Kier molecular flexibility index (Phi) is 7.34. The normalized spacial score (nSPS) is 14.6. The molecule has 2 aromatic carbocycles. The van der Waals surface area contributed by atoms with Gasteiger partial charge in [-0.05, 0) is 51.3 Å². The third-order valence-electron chi connectivity index (χ3n) is 3.59. The number of carbonyl (C=O) groups is 1. The molecule has 1 amide bonds. The number of hydrogen-bond acceptors (Lipinski definition) is 6. The molecule has 0 radical (unpaired) electrons. The highest BCUT2D eigenvalue weighted by atomic mass is 79.9. The maximum atomic E-state index is 11.8. The monoisotopic (exact) mass is 486 g/mol. The van der Waals surface area contributed by atoms with Crippen molar-refractivity contribution in [3.63, 3.8) is 0 Å². The molecule has 1 heterocycles. The van der Waals surface area contributed by atoms with E-state index in [-0.39, 0.29) is 23.3 Å². The number of amides is 1. The largest absolute Gasteiger partial charge is 0.505 e. The van der Waals surface area contributed by atoms with E-state index in [1.54, 1.807) is 6.07 Å². The zero-order valence-electron chi connectivity index (χ0n) is 14.0. The van der Waals surface area contributed by atoms with Crippen LogP contribution in [0.25, 0.3) is 0 Å². The molecule has 1 fully saturated rings. The van der Waals surface area contributed by atoms with Gasteiger partial charge in [0.05, 0.1) is 20.3 Å². The minimum Gasteiger partial charge on any atom is -0.505 e. The van der Waals surface area contributed by atoms with Crippen molar-refractivity contribution in [2.45, 2.75) is 4.58 Å². The summed E-state index contributed by atoms with van der Waals surface area (Å²) in [6.07, 6.45) is 1.43. The molecule has 142 valence electrons. The molecule has 2 N–H and O–H groups in total. The molecule has 3 rings (SSSR count). The van der Waals surface area contributed by atoms with E-state index in [9.17, 15) is 9.90 Å². The van der Waals surface area contributed by atoms with Gasteiger partial charge in [0.25, 0.3) is 5.91 Å². The van der Waals surface area contributed by atoms with Gasteiger partial charge in [0.15, 0.2) is 6.61 Å². The van der Waals surface area contributed by atoms with Gasteiger partial charge in [-0.1, -0.05) is 23.7 Å². The number of ether oxygens (including phenoxy) is 1. The van der Waals surface area contributed by atoms with E-state index in [1.165, 1.54) is 29.4 Å². The van der Waals surface area contributed by atoms with Crippen molar-refractivity contribution in [2.24, 2.45) is 5.10 Å². The molecule has 0 spiro atoms. The lowest BCUT2D eigenvalue weighted by molar-refractivity contribution is -0.123. The Morgan fingerprint density at radius 1 is 1.33 bits per heavy atom. The van der Waals surface area contributed by atoms with Crippen molar-refractivity contribution < 1.29 is 14.6 Å². The molecular weight excluding hydrogens is 472 g/mol. The molecule has 1 saturated heterocycles. The summed E-state index contributed by atoms with van der Waals surface area (Å²) in [4.78, 5) is 11.8. The Morgan fingerprint density at radius 2 is 2.04 bits per heavy atom. The summed E-state index contributed by atoms with van der Waals surface area (Å²) in [6, 6.07) is 11.0. The van der Waals surface area contributed by atoms with Crippen molar-refractivity contribution in [1.29, 1.82) is 0 Å². The van der Waals surface area contributed by atoms with Crippen LogP contribution >= 0.6 is 51.1 Å². The van der Waals surface area contributed by atoms with E-state index < -0.39 is 0 Å². The van der Waals surface area contributed by atoms with Crippen molar-refractivity contribution in [3.05, 3.63) is 57.0 Å². The molecule has 0 bridgehead atoms. The molecular formula is C18H16BrClN2O3S2. The minimum absolute atomic E-state index is 0.0395. The number of hydrazone groups is 1. The van der Waals surface area contributed by atoms with Gasteiger partial charge in [0, 0.05) is 11.5 Å². The van der Waals surface area contributed by atoms with Gasteiger partial charge in [0.2, 0.25) is 0 Å². The summed E-state index contributed by atoms with van der Waals surface area (Å²) in [7, 11) is 0. The second-order valence-electron chi connectivity index (χ2n) is 5.56. The first-order valence-corrected chi connectivity index (χ1v) is 11.3. The zero-order chi connectivity index (χ0) is 19.2. The summed E-state index contributed by atoms with van der Waals surface area (Å²) in [5, 5.41) is 13.6. The van der Waals surface area contributed by atoms with E-state index in [0.717, 1.165) is 0 Å². The fourth-order valence-corrected chi connectivity index (χ4v) is 5.97. The predicted octanol–water partition coefficient (Wildman–Crippen LogP) is 4.82. The number of phenols is 1. The zero-order valence-corrected chi connectivity index (χ0v) is 18.0. The molecule has 2 aromatic rings. The van der Waals surface area contributed by atoms with Crippen LogP contribution in [-0.4, -0.2) is 35.3 Å². The quantitative estimate of drug-likeness (QED) is 0.452. The topological polar surface area (TPSA) is 70.9 Å². The first-order chi connectivity index (χ1) is 13.0. The fraction of sp³-hybridized carbons (Fsp3) is 0.222. The van der Waals surface area contributed by atoms with Gasteiger partial charge in [-0.2, -0.15) is 5.10 Å². The number of hydrogen-bond donors (Lipinski definition) is 2. The molecule has 1 aliphatic rings. The Balaban J connectivity index is 1.46. The van der Waals surface area contributed by atoms with Crippen LogP contribution in [0.4, 0.5) is 0 Å². The van der Waals surface area contributed by atoms with Gasteiger partial charge in [-0.3, -0.25) is 4.79 Å². The molecule has 0 aromatic heterocycles. The molecule has 0 aliphatic carbocycles. The van der Waals surface area contributed by atoms with Crippen LogP contribution < -0.4 is 10.2 Å². The number of phenolic OH excluding ortho intramolecular Hbond substituents is 1. The molecule has 0 unspecified atom stereocenters. The number of aromatic hydroxyl groups is 1. The molecule has 0 saturated carbocycles. The van der Waals surface area contributed by atoms with E-state index in [0.29, 0.717) is 20.4 Å². The van der Waals surface area contributed by atoms with Gasteiger partial charge in [0.1, 0.15) is 11.5 Å². The number of nitrogens with zero attached hydrogens (tertiary/aromatic N) is 1. The molecule has 27 heavy (non-hydrogen) atoms. The third-order valence-corrected chi connectivity index (χ3v) is 7.58. The maximum absolute atomic E-state index is 11.8. The van der Waals surface area contributed by atoms with E-state index in [2.05, 4.69) is 26.5 Å². The number of rotatable bonds is 6. The van der Waals surface area contributed by atoms with Crippen LogP contribution in [0.2, 0.25) is 5.02 Å². The van der Waals surface area contributed by atoms with Gasteiger partial charge < -0.3 is 9.84 Å². The molecule has 0 atom stereocenters. The molecule has 9 heteroatoms. The summed E-state index contributed by atoms with van der Waals surface area (Å²) in [5.41, 5.74) is 4.28. The van der Waals surface area contributed by atoms with Gasteiger partial charge in [-0.25, -0.2) is 5.43 Å². The van der Waals surface area contributed by atoms with Crippen LogP contribution in [0.5, 0.6) is 11.5 Å². The summed E-state index contributed by atoms with van der Waals surface area (Å²) in [5.74, 6) is 2.59. The van der Waals surface area contributed by atoms with E-state index >= 15 is 0 Å². The molecule has 1 aliphatic heterocycles. The SMILES string of the molecule is O=C(COc1ccc(C2SCCS2)cc1)N/N=C\c1cc(Cl)c(O)c(Br)c1. The average molecular weight is 488 g/mol. The Labute approximate surface area is 179 Å². The van der Waals surface area contributed by atoms with E-state index in [4.69, 9.17) is 16.3 Å². The Bertz CT molecular complexity index is 820. The fourth-order valence-electron chi connectivity index (χ4n) is 2.29. The predicted molar refractivity (Wildman–Crippen MR) is 116 cm³/mol. The standard InChI is InChI=1S/C18H16BrClN2O3S2/c19-14-7-11(8-15(20)17(14)24)9-21-22-16(23)10-25-13-3-1-12(2-4-13)18-26-5-6-27-18/h1-4,7-9,18,24H,5-6,10H2,(H,22,23)/b21-9-. The second-order valence-corrected chi connectivity index (χ2v) is 9.54. The molecule has 5 nitrogen and oxygen atoms in total. The van der Waals surface area contributed by atoms with Crippen molar-refractivity contribution >= 4 is 63.2 Å². The number of benzene rings is 2. The first-order valence-electron chi connectivity index (χ1n) is 7.99. The smallest absolute Gasteiger partial charge is 0.277 e. The minimum atomic E-state index is -0.374. The lowest BCUT2D eigenvalue weighted by Gasteiger charge is -2.10. The van der Waals surface area contributed by atoms with Crippen LogP contribution in [0.1, 0.15) is 15.7 Å². The highest BCUT2D eigenvalue weighted by Crippen LogP contribution is 2.45. The third kappa shape index (κ3) is 5.81. The number of carbonyl (C=O) groups excluding carboxylic acids is 1. The number of halogens is 2. The van der Waals surface area contributed by atoms with Crippen molar-refractivity contribution in [3.8, 4) is 11.5 Å². The highest BCUT2D eigenvalue weighted by Gasteiger charge is 2.17. The maximum Gasteiger partial charge on any atom is 0.277 e.